The summed E-state index contributed by atoms with van der Waals surface area (Å²) in [7, 11) is 3.09. The van der Waals surface area contributed by atoms with E-state index in [1.807, 2.05) is 12.1 Å². The quantitative estimate of drug-likeness (QED) is 0.802. The van der Waals surface area contributed by atoms with E-state index in [2.05, 4.69) is 15.1 Å². The molecular weight excluding hydrogens is 378 g/mol. The third kappa shape index (κ3) is 3.16. The van der Waals surface area contributed by atoms with E-state index in [0.29, 0.717) is 27.3 Å². The highest BCUT2D eigenvalue weighted by Gasteiger charge is 2.36. The third-order valence-electron chi connectivity index (χ3n) is 4.10. The maximum atomic E-state index is 12.5. The number of fused-ring (bicyclic) bond motifs is 1. The van der Waals surface area contributed by atoms with Crippen molar-refractivity contribution in [2.24, 2.45) is 10.1 Å². The number of thioether (sulfide) groups is 1. The second-order valence-electron chi connectivity index (χ2n) is 5.78. The van der Waals surface area contributed by atoms with Crippen LogP contribution in [0.25, 0.3) is 6.08 Å². The number of amides is 1. The molecule has 140 valence electrons. The predicted octanol–water partition coefficient (Wildman–Crippen LogP) is 2.77. The third-order valence-corrected chi connectivity index (χ3v) is 5.06. The van der Waals surface area contributed by atoms with Gasteiger partial charge in [0.15, 0.2) is 17.3 Å². The zero-order chi connectivity index (χ0) is 19.7. The minimum Gasteiger partial charge on any atom is -0.493 e. The standard InChI is InChI=1S/C19H15N5O3S/c1-26-14-4-3-11(10-15(14)27-2)9-13-16(20)24-19(22-17(13)25)28-18(23-24)12-5-7-21-8-6-12/h3-10,20H,1-2H3/b13-9+,20-16?. The van der Waals surface area contributed by atoms with Crippen molar-refractivity contribution in [2.75, 3.05) is 14.2 Å². The van der Waals surface area contributed by atoms with Crippen molar-refractivity contribution in [3.8, 4) is 11.5 Å². The lowest BCUT2D eigenvalue weighted by Gasteiger charge is -2.20. The van der Waals surface area contributed by atoms with Gasteiger partial charge in [0.25, 0.3) is 5.91 Å². The van der Waals surface area contributed by atoms with E-state index in [-0.39, 0.29) is 11.4 Å². The number of hydrazone groups is 1. The highest BCUT2D eigenvalue weighted by Crippen LogP contribution is 2.32. The Bertz CT molecular complexity index is 1060. The number of hydrogen-bond acceptors (Lipinski definition) is 7. The number of methoxy groups -OCH3 is 2. The molecule has 2 aromatic rings. The summed E-state index contributed by atoms with van der Waals surface area (Å²) in [6.45, 7) is 0. The Hall–Kier alpha value is -3.46. The molecule has 8 nitrogen and oxygen atoms in total. The fourth-order valence-corrected chi connectivity index (χ4v) is 3.61. The molecule has 0 bridgehead atoms. The lowest BCUT2D eigenvalue weighted by atomic mass is 10.1. The van der Waals surface area contributed by atoms with Gasteiger partial charge in [-0.05, 0) is 47.7 Å². The summed E-state index contributed by atoms with van der Waals surface area (Å²) >= 11 is 1.25. The Morgan fingerprint density at radius 3 is 2.57 bits per heavy atom. The molecule has 2 aliphatic heterocycles. The number of nitrogens with zero attached hydrogens (tertiary/aromatic N) is 4. The summed E-state index contributed by atoms with van der Waals surface area (Å²) < 4.78 is 10.5. The Labute approximate surface area is 165 Å². The molecule has 4 rings (SSSR count). The molecule has 9 heteroatoms. The molecule has 2 aliphatic rings. The van der Waals surface area contributed by atoms with Crippen LogP contribution < -0.4 is 9.47 Å². The van der Waals surface area contributed by atoms with E-state index in [4.69, 9.17) is 14.9 Å². The first-order valence-corrected chi connectivity index (χ1v) is 9.05. The molecule has 0 fully saturated rings. The van der Waals surface area contributed by atoms with Gasteiger partial charge in [0.05, 0.1) is 19.8 Å². The van der Waals surface area contributed by atoms with Crippen molar-refractivity contribution in [3.05, 3.63) is 59.4 Å². The zero-order valence-corrected chi connectivity index (χ0v) is 15.9. The minimum absolute atomic E-state index is 0.0265. The number of hydrogen-bond donors (Lipinski definition) is 1. The number of pyridine rings is 1. The topological polar surface area (TPSA) is 100 Å². The number of rotatable bonds is 4. The molecule has 28 heavy (non-hydrogen) atoms. The van der Waals surface area contributed by atoms with Crippen LogP contribution in [0.15, 0.2) is 58.4 Å². The molecule has 0 radical (unpaired) electrons. The zero-order valence-electron chi connectivity index (χ0n) is 15.0. The van der Waals surface area contributed by atoms with Gasteiger partial charge in [-0.15, -0.1) is 0 Å². The summed E-state index contributed by atoms with van der Waals surface area (Å²) in [5, 5.41) is 15.3. The van der Waals surface area contributed by atoms with Crippen molar-refractivity contribution in [2.45, 2.75) is 0 Å². The number of carbonyl (C=O) groups excluding carboxylic acids is 1. The first-order chi connectivity index (χ1) is 13.6. The van der Waals surface area contributed by atoms with Gasteiger partial charge in [0.2, 0.25) is 5.17 Å². The van der Waals surface area contributed by atoms with Crippen LogP contribution in [0.2, 0.25) is 0 Å². The van der Waals surface area contributed by atoms with Gasteiger partial charge in [0, 0.05) is 18.0 Å². The van der Waals surface area contributed by atoms with Crippen molar-refractivity contribution in [3.63, 3.8) is 0 Å². The molecule has 1 aromatic heterocycles. The van der Waals surface area contributed by atoms with Crippen molar-refractivity contribution < 1.29 is 14.3 Å². The lowest BCUT2D eigenvalue weighted by molar-refractivity contribution is -0.114. The molecule has 1 N–H and O–H groups in total. The van der Waals surface area contributed by atoms with Crippen LogP contribution in [0.3, 0.4) is 0 Å². The first-order valence-electron chi connectivity index (χ1n) is 8.23. The SMILES string of the molecule is COc1ccc(/C=C2\C(=N)N3N=C(c4ccncc4)SC3=NC2=O)cc1OC. The second-order valence-corrected chi connectivity index (χ2v) is 6.73. The molecule has 0 spiro atoms. The van der Waals surface area contributed by atoms with E-state index >= 15 is 0 Å². The fraction of sp³-hybridized carbons (Fsp3) is 0.105. The van der Waals surface area contributed by atoms with E-state index in [0.717, 1.165) is 5.56 Å². The molecule has 1 aromatic carbocycles. The van der Waals surface area contributed by atoms with Gasteiger partial charge in [-0.2, -0.15) is 15.1 Å². The number of ether oxygens (including phenoxy) is 2. The van der Waals surface area contributed by atoms with Gasteiger partial charge < -0.3 is 9.47 Å². The average molecular weight is 393 g/mol. The minimum atomic E-state index is -0.482. The monoisotopic (exact) mass is 393 g/mol. The molecule has 1 amide bonds. The normalized spacial score (nSPS) is 17.4. The Balaban J connectivity index is 1.68. The smallest absolute Gasteiger partial charge is 0.283 e. The highest BCUT2D eigenvalue weighted by molar-refractivity contribution is 8.27. The second kappa shape index (κ2) is 7.28. The summed E-state index contributed by atoms with van der Waals surface area (Å²) in [5.74, 6) is 0.606. The Kier molecular flexibility index (Phi) is 4.66. The van der Waals surface area contributed by atoms with Gasteiger partial charge in [0.1, 0.15) is 5.04 Å². The molecule has 0 saturated heterocycles. The van der Waals surface area contributed by atoms with Gasteiger partial charge >= 0.3 is 0 Å². The largest absolute Gasteiger partial charge is 0.493 e. The Morgan fingerprint density at radius 2 is 1.86 bits per heavy atom. The lowest BCUT2D eigenvalue weighted by Crippen LogP contribution is -2.35. The maximum absolute atomic E-state index is 12.5. The van der Waals surface area contributed by atoms with Crippen LogP contribution in [0.1, 0.15) is 11.1 Å². The number of nitrogens with one attached hydrogen (secondary N) is 1. The summed E-state index contributed by atoms with van der Waals surface area (Å²) in [6, 6.07) is 8.88. The van der Waals surface area contributed by atoms with E-state index in [9.17, 15) is 4.79 Å². The van der Waals surface area contributed by atoms with Crippen LogP contribution in [-0.4, -0.2) is 46.2 Å². The molecule has 0 unspecified atom stereocenters. The number of aromatic nitrogens is 1. The van der Waals surface area contributed by atoms with Crippen LogP contribution in [0.5, 0.6) is 11.5 Å². The van der Waals surface area contributed by atoms with Gasteiger partial charge in [-0.3, -0.25) is 15.2 Å². The van der Waals surface area contributed by atoms with Crippen molar-refractivity contribution >= 4 is 39.8 Å². The van der Waals surface area contributed by atoms with Crippen LogP contribution >= 0.6 is 11.8 Å². The van der Waals surface area contributed by atoms with E-state index < -0.39 is 5.91 Å². The summed E-state index contributed by atoms with van der Waals surface area (Å²) in [4.78, 5) is 20.6. The maximum Gasteiger partial charge on any atom is 0.283 e. The van der Waals surface area contributed by atoms with Crippen LogP contribution in [-0.2, 0) is 4.79 Å². The summed E-state index contributed by atoms with van der Waals surface area (Å²) in [5.41, 5.74) is 1.69. The fourth-order valence-electron chi connectivity index (χ4n) is 2.71. The predicted molar refractivity (Wildman–Crippen MR) is 108 cm³/mol. The van der Waals surface area contributed by atoms with Gasteiger partial charge in [-0.25, -0.2) is 0 Å². The molecule has 0 saturated carbocycles. The number of amidine groups is 2. The summed E-state index contributed by atoms with van der Waals surface area (Å²) in [6.07, 6.45) is 4.92. The number of benzene rings is 1. The molecule has 0 aliphatic carbocycles. The molecule has 3 heterocycles. The number of aliphatic imine (C=N–C) groups is 1. The molecular formula is C19H15N5O3S. The number of carbonyl (C=O) groups is 1. The molecule has 0 atom stereocenters. The van der Waals surface area contributed by atoms with Crippen molar-refractivity contribution in [1.29, 1.82) is 5.41 Å². The average Bonchev–Trinajstić information content (AvgIpc) is 3.15. The first kappa shape index (κ1) is 17.9. The van der Waals surface area contributed by atoms with Crippen molar-refractivity contribution in [1.82, 2.24) is 9.99 Å². The van der Waals surface area contributed by atoms with E-state index in [1.165, 1.54) is 23.9 Å². The van der Waals surface area contributed by atoms with E-state index in [1.54, 1.807) is 43.8 Å². The van der Waals surface area contributed by atoms with Gasteiger partial charge in [-0.1, -0.05) is 6.07 Å². The Morgan fingerprint density at radius 1 is 1.11 bits per heavy atom. The highest BCUT2D eigenvalue weighted by atomic mass is 32.2. The van der Waals surface area contributed by atoms with Crippen LogP contribution in [0, 0.1) is 5.41 Å². The van der Waals surface area contributed by atoms with Crippen LogP contribution in [0.4, 0.5) is 0 Å².